The van der Waals surface area contributed by atoms with Crippen molar-refractivity contribution >= 4 is 40.3 Å². The number of amides is 2. The van der Waals surface area contributed by atoms with Gasteiger partial charge in [-0.05, 0) is 41.8 Å². The van der Waals surface area contributed by atoms with Gasteiger partial charge < -0.3 is 29.1 Å². The number of anilines is 1. The second-order valence-electron chi connectivity index (χ2n) is 8.23. The lowest BCUT2D eigenvalue weighted by Gasteiger charge is -2.23. The lowest BCUT2D eigenvalue weighted by Crippen LogP contribution is -2.49. The molecule has 0 saturated carbocycles. The van der Waals surface area contributed by atoms with E-state index in [1.54, 1.807) is 42.7 Å². The van der Waals surface area contributed by atoms with Gasteiger partial charge in [0.2, 0.25) is 5.91 Å². The molecule has 1 unspecified atom stereocenters. The zero-order valence-corrected chi connectivity index (χ0v) is 21.9. The van der Waals surface area contributed by atoms with Crippen LogP contribution in [0.3, 0.4) is 0 Å². The molecule has 2 amide bonds. The molecule has 3 N–H and O–H groups in total. The monoisotopic (exact) mass is 553 g/mol. The number of hydrogen-bond donors (Lipinski definition) is 3. The summed E-state index contributed by atoms with van der Waals surface area (Å²) < 4.78 is 34.3. The molecule has 0 aliphatic carbocycles. The van der Waals surface area contributed by atoms with Gasteiger partial charge in [-0.25, -0.2) is 9.78 Å². The summed E-state index contributed by atoms with van der Waals surface area (Å²) in [4.78, 5) is 30.2. The van der Waals surface area contributed by atoms with Gasteiger partial charge in [-0.15, -0.1) is 11.3 Å². The van der Waals surface area contributed by atoms with E-state index in [2.05, 4.69) is 20.3 Å². The number of alkyl carbamates (subject to hydrolysis) is 1. The highest BCUT2D eigenvalue weighted by molar-refractivity contribution is 7.80. The number of hydrogen-bond acceptors (Lipinski definition) is 8. The molecule has 2 heterocycles. The lowest BCUT2D eigenvalue weighted by molar-refractivity contribution is -0.123. The normalized spacial score (nSPS) is 13.2. The molecular weight excluding hydrogens is 528 g/mol. The number of nitrogens with one attached hydrogen (secondary N) is 3. The number of nitrogens with zero attached hydrogens (tertiary/aromatic N) is 1. The average Bonchev–Trinajstić information content (AvgIpc) is 3.62. The molecule has 3 atom stereocenters. The number of carbonyl (C=O) groups is 2. The van der Waals surface area contributed by atoms with Gasteiger partial charge in [-0.3, -0.25) is 9.00 Å². The Bertz CT molecular complexity index is 1360. The van der Waals surface area contributed by atoms with Crippen LogP contribution in [-0.2, 0) is 33.6 Å². The molecule has 0 saturated heterocycles. The maximum absolute atomic E-state index is 13.5. The minimum atomic E-state index is -2.43. The van der Waals surface area contributed by atoms with Crippen molar-refractivity contribution in [1.82, 2.24) is 15.6 Å². The van der Waals surface area contributed by atoms with E-state index >= 15 is 0 Å². The first-order valence-electron chi connectivity index (χ1n) is 11.5. The Hall–Kier alpha value is -4.00. The fourth-order valence-corrected chi connectivity index (χ4v) is 4.93. The van der Waals surface area contributed by atoms with E-state index in [1.165, 1.54) is 18.4 Å². The fraction of sp³-hybridized carbons (Fsp3) is 0.192. The number of carbonyl (C=O) groups excluding carboxylic acids is 2. The van der Waals surface area contributed by atoms with Crippen LogP contribution in [0.15, 0.2) is 82.8 Å². The zero-order valence-electron chi connectivity index (χ0n) is 20.3. The number of thiazole rings is 1. The molecule has 0 spiro atoms. The second-order valence-corrected chi connectivity index (χ2v) is 9.76. The van der Waals surface area contributed by atoms with Crippen LogP contribution in [0.25, 0.3) is 10.8 Å². The summed E-state index contributed by atoms with van der Waals surface area (Å²) in [6, 6.07) is 18.3. The van der Waals surface area contributed by atoms with Gasteiger partial charge in [0.1, 0.15) is 6.04 Å². The highest BCUT2D eigenvalue weighted by Crippen LogP contribution is 2.28. The number of furan rings is 1. The minimum absolute atomic E-state index is 0.260. The Morgan fingerprint density at radius 3 is 2.42 bits per heavy atom. The molecule has 4 rings (SSSR count). The number of aromatic nitrogens is 1. The molecule has 12 heteroatoms. The summed E-state index contributed by atoms with van der Waals surface area (Å²) in [5.41, 5.74) is 2.75. The van der Waals surface area contributed by atoms with Crippen LogP contribution < -0.4 is 15.4 Å². The third-order valence-corrected chi connectivity index (χ3v) is 6.88. The maximum Gasteiger partial charge on any atom is 0.407 e. The van der Waals surface area contributed by atoms with E-state index in [9.17, 15) is 18.4 Å². The summed E-state index contributed by atoms with van der Waals surface area (Å²) in [5.74, 6) is 0.207. The summed E-state index contributed by atoms with van der Waals surface area (Å²) >= 11 is -1.05. The third-order valence-electron chi connectivity index (χ3n) is 5.60. The SMILES string of the molecule is COC(=O)N[C@@H](Cc1ccccc1)C(=O)N[C@@H](Cc1ccc(NS(=O)[O-])cc1)c1csc(-c2ccco2)n1. The Balaban J connectivity index is 1.58. The number of ether oxygens (including phenoxy) is 1. The van der Waals surface area contributed by atoms with Crippen LogP contribution in [0.4, 0.5) is 10.5 Å². The molecule has 2 aromatic heterocycles. The van der Waals surface area contributed by atoms with Gasteiger partial charge in [-0.2, -0.15) is 0 Å². The lowest BCUT2D eigenvalue weighted by atomic mass is 10.0. The van der Waals surface area contributed by atoms with Crippen molar-refractivity contribution in [2.24, 2.45) is 0 Å². The van der Waals surface area contributed by atoms with Crippen molar-refractivity contribution < 1.29 is 27.5 Å². The Kier molecular flexibility index (Phi) is 9.25. The summed E-state index contributed by atoms with van der Waals surface area (Å²) in [5, 5.41) is 8.15. The Morgan fingerprint density at radius 1 is 1.03 bits per heavy atom. The first-order chi connectivity index (χ1) is 18.4. The second kappa shape index (κ2) is 13.0. The van der Waals surface area contributed by atoms with Crippen LogP contribution >= 0.6 is 11.3 Å². The van der Waals surface area contributed by atoms with Crippen LogP contribution in [0, 0.1) is 0 Å². The van der Waals surface area contributed by atoms with Crippen LogP contribution in [-0.4, -0.2) is 38.9 Å². The topological polar surface area (TPSA) is 146 Å². The van der Waals surface area contributed by atoms with Gasteiger partial charge in [0.25, 0.3) is 0 Å². The predicted molar refractivity (Wildman–Crippen MR) is 143 cm³/mol. The number of rotatable bonds is 11. The average molecular weight is 554 g/mol. The molecule has 0 bridgehead atoms. The summed E-state index contributed by atoms with van der Waals surface area (Å²) in [6.07, 6.45) is 1.47. The standard InChI is InChI=1S/C26H26N4O6S2/c1-35-26(32)29-21(15-17-6-3-2-4-7-17)24(31)27-20(14-18-9-11-19(12-10-18)30-38(33)34)22-16-37-25(28-22)23-8-5-13-36-23/h2-13,16,20-21,30H,14-15H2,1H3,(H,27,31)(H,29,32)(H,33,34)/p-1/t20-,21-/m0/s1. The van der Waals surface area contributed by atoms with E-state index in [0.717, 1.165) is 11.1 Å². The van der Waals surface area contributed by atoms with Crippen LogP contribution in [0.5, 0.6) is 0 Å². The molecule has 198 valence electrons. The van der Waals surface area contributed by atoms with Gasteiger partial charge >= 0.3 is 6.09 Å². The van der Waals surface area contributed by atoms with Crippen LogP contribution in [0.2, 0.25) is 0 Å². The fourth-order valence-electron chi connectivity index (χ4n) is 3.76. The van der Waals surface area contributed by atoms with Crippen molar-refractivity contribution in [2.45, 2.75) is 24.9 Å². The highest BCUT2D eigenvalue weighted by Gasteiger charge is 2.26. The van der Waals surface area contributed by atoms with E-state index in [4.69, 9.17) is 9.15 Å². The van der Waals surface area contributed by atoms with E-state index in [0.29, 0.717) is 28.6 Å². The number of benzene rings is 2. The van der Waals surface area contributed by atoms with Crippen molar-refractivity contribution in [2.75, 3.05) is 11.8 Å². The molecule has 38 heavy (non-hydrogen) atoms. The zero-order chi connectivity index (χ0) is 26.9. The minimum Gasteiger partial charge on any atom is -0.755 e. The molecule has 10 nitrogen and oxygen atoms in total. The molecule has 2 aromatic carbocycles. The first-order valence-corrected chi connectivity index (χ1v) is 13.5. The van der Waals surface area contributed by atoms with E-state index in [1.807, 2.05) is 35.7 Å². The molecule has 0 aliphatic heterocycles. The smallest absolute Gasteiger partial charge is 0.407 e. The molecule has 4 aromatic rings. The van der Waals surface area contributed by atoms with Gasteiger partial charge in [0, 0.05) is 28.8 Å². The summed E-state index contributed by atoms with van der Waals surface area (Å²) in [6.45, 7) is 0. The largest absolute Gasteiger partial charge is 0.755 e. The molecule has 0 fully saturated rings. The van der Waals surface area contributed by atoms with Crippen LogP contribution in [0.1, 0.15) is 22.9 Å². The van der Waals surface area contributed by atoms with E-state index in [-0.39, 0.29) is 6.42 Å². The van der Waals surface area contributed by atoms with Crippen molar-refractivity contribution in [3.63, 3.8) is 0 Å². The third kappa shape index (κ3) is 7.51. The summed E-state index contributed by atoms with van der Waals surface area (Å²) in [7, 11) is 1.24. The van der Waals surface area contributed by atoms with Crippen molar-refractivity contribution in [3.05, 3.63) is 95.2 Å². The van der Waals surface area contributed by atoms with Crippen molar-refractivity contribution in [1.29, 1.82) is 0 Å². The molecular formula is C26H25N4O6S2-. The van der Waals surface area contributed by atoms with Gasteiger partial charge in [-0.1, -0.05) is 42.5 Å². The molecule has 0 aliphatic rings. The van der Waals surface area contributed by atoms with Crippen molar-refractivity contribution in [3.8, 4) is 10.8 Å². The van der Waals surface area contributed by atoms with Gasteiger partial charge in [0.15, 0.2) is 10.8 Å². The van der Waals surface area contributed by atoms with Gasteiger partial charge in [0.05, 0.1) is 25.1 Å². The van der Waals surface area contributed by atoms with E-state index < -0.39 is 35.4 Å². The Morgan fingerprint density at radius 2 is 1.76 bits per heavy atom. The Labute approximate surface area is 225 Å². The molecule has 0 radical (unpaired) electrons. The maximum atomic E-state index is 13.5. The highest BCUT2D eigenvalue weighted by atomic mass is 32.2. The predicted octanol–water partition coefficient (Wildman–Crippen LogP) is 3.98. The number of methoxy groups -OCH3 is 1. The quantitative estimate of drug-likeness (QED) is 0.238. The first kappa shape index (κ1) is 27.0.